The van der Waals surface area contributed by atoms with Gasteiger partial charge in [0.05, 0.1) is 0 Å². The molecule has 1 aromatic heterocycles. The quantitative estimate of drug-likeness (QED) is 0.636. The Morgan fingerprint density at radius 3 is 2.11 bits per heavy atom. The molecule has 0 saturated heterocycles. The Balaban J connectivity index is 1.74. The SMILES string of the molecule is CC(=O)c1ccc(NC(=O)c2ccnc(Nc3cc(C)cc(C)c3)c2)cc1. The molecule has 0 spiro atoms. The third-order valence-electron chi connectivity index (χ3n) is 4.07. The van der Waals surface area contributed by atoms with Gasteiger partial charge in [0.25, 0.3) is 5.91 Å². The van der Waals surface area contributed by atoms with Crippen LogP contribution in [0.3, 0.4) is 0 Å². The molecule has 5 nitrogen and oxygen atoms in total. The first-order chi connectivity index (χ1) is 12.9. The van der Waals surface area contributed by atoms with Crippen molar-refractivity contribution in [3.63, 3.8) is 0 Å². The summed E-state index contributed by atoms with van der Waals surface area (Å²) in [5.74, 6) is 0.347. The average Bonchev–Trinajstić information content (AvgIpc) is 2.61. The Bertz CT molecular complexity index is 974. The van der Waals surface area contributed by atoms with Crippen molar-refractivity contribution in [2.45, 2.75) is 20.8 Å². The zero-order chi connectivity index (χ0) is 19.4. The first-order valence-electron chi connectivity index (χ1n) is 8.64. The first kappa shape index (κ1) is 18.3. The summed E-state index contributed by atoms with van der Waals surface area (Å²) in [7, 11) is 0. The van der Waals surface area contributed by atoms with Crippen LogP contribution < -0.4 is 10.6 Å². The summed E-state index contributed by atoms with van der Waals surface area (Å²) in [5, 5.41) is 6.06. The molecule has 2 N–H and O–H groups in total. The number of pyridine rings is 1. The van der Waals surface area contributed by atoms with E-state index >= 15 is 0 Å². The molecule has 0 aliphatic heterocycles. The zero-order valence-electron chi connectivity index (χ0n) is 15.5. The highest BCUT2D eigenvalue weighted by Crippen LogP contribution is 2.19. The lowest BCUT2D eigenvalue weighted by Gasteiger charge is -2.10. The highest BCUT2D eigenvalue weighted by molar-refractivity contribution is 6.05. The molecule has 27 heavy (non-hydrogen) atoms. The van der Waals surface area contributed by atoms with Crippen LogP contribution in [0.2, 0.25) is 0 Å². The summed E-state index contributed by atoms with van der Waals surface area (Å²) in [6, 6.07) is 16.3. The van der Waals surface area contributed by atoms with Gasteiger partial charge in [-0.2, -0.15) is 0 Å². The van der Waals surface area contributed by atoms with Crippen LogP contribution in [0.5, 0.6) is 0 Å². The second-order valence-electron chi connectivity index (χ2n) is 6.52. The predicted octanol–water partition coefficient (Wildman–Crippen LogP) is 4.90. The molecule has 0 aliphatic rings. The topological polar surface area (TPSA) is 71.1 Å². The number of aromatic nitrogens is 1. The lowest BCUT2D eigenvalue weighted by molar-refractivity contribution is 0.101. The second-order valence-corrected chi connectivity index (χ2v) is 6.52. The fraction of sp³-hybridized carbons (Fsp3) is 0.136. The number of anilines is 3. The number of carbonyl (C=O) groups is 2. The van der Waals surface area contributed by atoms with E-state index in [2.05, 4.69) is 21.7 Å². The zero-order valence-corrected chi connectivity index (χ0v) is 15.5. The number of rotatable bonds is 5. The van der Waals surface area contributed by atoms with Crippen LogP contribution in [-0.2, 0) is 0 Å². The second kappa shape index (κ2) is 7.83. The number of hydrogen-bond donors (Lipinski definition) is 2. The summed E-state index contributed by atoms with van der Waals surface area (Å²) < 4.78 is 0. The fourth-order valence-electron chi connectivity index (χ4n) is 2.83. The molecule has 0 atom stereocenters. The Labute approximate surface area is 158 Å². The number of nitrogens with one attached hydrogen (secondary N) is 2. The van der Waals surface area contributed by atoms with E-state index in [1.54, 1.807) is 42.6 Å². The van der Waals surface area contributed by atoms with E-state index in [0.717, 1.165) is 16.8 Å². The highest BCUT2D eigenvalue weighted by Gasteiger charge is 2.09. The maximum Gasteiger partial charge on any atom is 0.255 e. The molecular formula is C22H21N3O2. The predicted molar refractivity (Wildman–Crippen MR) is 108 cm³/mol. The van der Waals surface area contributed by atoms with Crippen molar-refractivity contribution < 1.29 is 9.59 Å². The van der Waals surface area contributed by atoms with Crippen LogP contribution in [0.1, 0.15) is 38.8 Å². The molecule has 1 heterocycles. The van der Waals surface area contributed by atoms with Gasteiger partial charge < -0.3 is 10.6 Å². The minimum atomic E-state index is -0.239. The van der Waals surface area contributed by atoms with Gasteiger partial charge in [-0.15, -0.1) is 0 Å². The summed E-state index contributed by atoms with van der Waals surface area (Å²) >= 11 is 0. The van der Waals surface area contributed by atoms with Gasteiger partial charge in [-0.1, -0.05) is 6.07 Å². The van der Waals surface area contributed by atoms with Crippen molar-refractivity contribution in [3.8, 4) is 0 Å². The molecule has 5 heteroatoms. The van der Waals surface area contributed by atoms with Crippen molar-refractivity contribution in [3.05, 3.63) is 83.0 Å². The minimum Gasteiger partial charge on any atom is -0.340 e. The molecule has 0 bridgehead atoms. The summed E-state index contributed by atoms with van der Waals surface area (Å²) in [6.45, 7) is 5.58. The van der Waals surface area contributed by atoms with E-state index in [1.165, 1.54) is 6.92 Å². The lowest BCUT2D eigenvalue weighted by Crippen LogP contribution is -2.12. The first-order valence-corrected chi connectivity index (χ1v) is 8.64. The minimum absolute atomic E-state index is 0.0101. The van der Waals surface area contributed by atoms with Gasteiger partial charge >= 0.3 is 0 Å². The number of ketones is 1. The molecule has 1 amide bonds. The Morgan fingerprint density at radius 2 is 1.48 bits per heavy atom. The van der Waals surface area contributed by atoms with Gasteiger partial charge in [-0.3, -0.25) is 9.59 Å². The van der Waals surface area contributed by atoms with Crippen LogP contribution >= 0.6 is 0 Å². The molecule has 2 aromatic carbocycles. The Morgan fingerprint density at radius 1 is 0.815 bits per heavy atom. The molecule has 0 saturated carbocycles. The molecule has 0 unspecified atom stereocenters. The molecule has 0 radical (unpaired) electrons. The largest absolute Gasteiger partial charge is 0.340 e. The number of aryl methyl sites for hydroxylation is 2. The van der Waals surface area contributed by atoms with Crippen LogP contribution in [0.4, 0.5) is 17.2 Å². The van der Waals surface area contributed by atoms with Gasteiger partial charge in [-0.05, 0) is 80.4 Å². The van der Waals surface area contributed by atoms with Gasteiger partial charge in [-0.25, -0.2) is 4.98 Å². The van der Waals surface area contributed by atoms with E-state index in [0.29, 0.717) is 22.6 Å². The third kappa shape index (κ3) is 4.79. The van der Waals surface area contributed by atoms with E-state index < -0.39 is 0 Å². The fourth-order valence-corrected chi connectivity index (χ4v) is 2.83. The summed E-state index contributed by atoms with van der Waals surface area (Å²) in [6.07, 6.45) is 1.60. The molecule has 3 rings (SSSR count). The van der Waals surface area contributed by atoms with Gasteiger partial charge in [0.15, 0.2) is 5.78 Å². The number of benzene rings is 2. The standard InChI is InChI=1S/C22H21N3O2/c1-14-10-15(2)12-20(11-14)24-21-13-18(8-9-23-21)22(27)25-19-6-4-17(5-7-19)16(3)26/h4-13H,1-3H3,(H,23,24)(H,25,27). The average molecular weight is 359 g/mol. The van der Waals surface area contributed by atoms with Crippen molar-refractivity contribution >= 4 is 28.9 Å². The number of amides is 1. The number of hydrogen-bond acceptors (Lipinski definition) is 4. The summed E-state index contributed by atoms with van der Waals surface area (Å²) in [4.78, 5) is 28.1. The van der Waals surface area contributed by atoms with Gasteiger partial charge in [0, 0.05) is 28.7 Å². The molecule has 0 fully saturated rings. The van der Waals surface area contributed by atoms with Crippen LogP contribution in [0, 0.1) is 13.8 Å². The van der Waals surface area contributed by atoms with Crippen molar-refractivity contribution in [2.24, 2.45) is 0 Å². The molecule has 3 aromatic rings. The molecule has 0 aliphatic carbocycles. The van der Waals surface area contributed by atoms with Gasteiger partial charge in [0.2, 0.25) is 0 Å². The Hall–Kier alpha value is -3.47. The summed E-state index contributed by atoms with van der Waals surface area (Å²) in [5.41, 5.74) is 4.97. The van der Waals surface area contributed by atoms with E-state index in [9.17, 15) is 9.59 Å². The van der Waals surface area contributed by atoms with E-state index in [4.69, 9.17) is 0 Å². The lowest BCUT2D eigenvalue weighted by atomic mass is 10.1. The number of nitrogens with zero attached hydrogens (tertiary/aromatic N) is 1. The molecule has 136 valence electrons. The third-order valence-corrected chi connectivity index (χ3v) is 4.07. The van der Waals surface area contributed by atoms with E-state index in [-0.39, 0.29) is 11.7 Å². The van der Waals surface area contributed by atoms with E-state index in [1.807, 2.05) is 26.0 Å². The normalized spacial score (nSPS) is 10.3. The monoisotopic (exact) mass is 359 g/mol. The van der Waals surface area contributed by atoms with Crippen molar-refractivity contribution in [2.75, 3.05) is 10.6 Å². The van der Waals surface area contributed by atoms with Crippen LogP contribution in [0.25, 0.3) is 0 Å². The van der Waals surface area contributed by atoms with Gasteiger partial charge in [0.1, 0.15) is 5.82 Å². The smallest absolute Gasteiger partial charge is 0.255 e. The maximum atomic E-state index is 12.5. The van der Waals surface area contributed by atoms with Crippen molar-refractivity contribution in [1.29, 1.82) is 0 Å². The Kier molecular flexibility index (Phi) is 5.31. The maximum absolute atomic E-state index is 12.5. The van der Waals surface area contributed by atoms with Crippen molar-refractivity contribution in [1.82, 2.24) is 4.98 Å². The number of carbonyl (C=O) groups excluding carboxylic acids is 2. The van der Waals surface area contributed by atoms with Crippen LogP contribution in [0.15, 0.2) is 60.8 Å². The number of Topliss-reactive ketones (excluding diaryl/α,β-unsaturated/α-hetero) is 1. The highest BCUT2D eigenvalue weighted by atomic mass is 16.1. The molecular weight excluding hydrogens is 338 g/mol. The van der Waals surface area contributed by atoms with Crippen LogP contribution in [-0.4, -0.2) is 16.7 Å².